The smallest absolute Gasteiger partial charge is 0.0848 e. The van der Waals surface area contributed by atoms with E-state index in [1.54, 1.807) is 13.8 Å². The summed E-state index contributed by atoms with van der Waals surface area (Å²) in [6, 6.07) is 1.88. The normalized spacial score (nSPS) is 10.5. The van der Waals surface area contributed by atoms with Crippen molar-refractivity contribution in [1.82, 2.24) is 0 Å². The predicted molar refractivity (Wildman–Crippen MR) is 58.2 cm³/mol. The van der Waals surface area contributed by atoms with E-state index in [2.05, 4.69) is 12.6 Å². The van der Waals surface area contributed by atoms with Gasteiger partial charge >= 0.3 is 0 Å². The van der Waals surface area contributed by atoms with Crippen LogP contribution >= 0.6 is 24.0 Å². The Morgan fingerprint density at radius 1 is 1.42 bits per heavy atom. The lowest BCUT2D eigenvalue weighted by Crippen LogP contribution is -2.13. The topological polar surface area (TPSA) is 20.2 Å². The molecule has 1 N–H and O–H groups in total. The van der Waals surface area contributed by atoms with E-state index in [0.29, 0.717) is 0 Å². The van der Waals surface area contributed by atoms with Crippen LogP contribution in [0, 0.1) is 0 Å². The van der Waals surface area contributed by atoms with Crippen molar-refractivity contribution in [2.75, 3.05) is 0 Å². The summed E-state index contributed by atoms with van der Waals surface area (Å²) >= 11 is 5.68. The third-order valence-corrected chi connectivity index (χ3v) is 2.47. The van der Waals surface area contributed by atoms with Gasteiger partial charge in [0.25, 0.3) is 0 Å². The molecule has 0 saturated carbocycles. The van der Waals surface area contributed by atoms with Crippen molar-refractivity contribution >= 4 is 24.0 Å². The molecular weight excluding hydrogens is 188 g/mol. The van der Waals surface area contributed by atoms with Crippen molar-refractivity contribution in [3.63, 3.8) is 0 Å². The molecule has 0 aliphatic heterocycles. The van der Waals surface area contributed by atoms with Gasteiger partial charge < -0.3 is 5.11 Å². The quantitative estimate of drug-likeness (QED) is 0.673. The Kier molecular flexibility index (Phi) is 4.90. The summed E-state index contributed by atoms with van der Waals surface area (Å²) in [6.07, 6.45) is 0. The van der Waals surface area contributed by atoms with Crippen LogP contribution in [0.5, 0.6) is 0 Å². The highest BCUT2D eigenvalue weighted by Gasteiger charge is 2.16. The number of hydrogen-bond donors (Lipinski definition) is 2. The zero-order valence-electron chi connectivity index (χ0n) is 7.96. The molecule has 0 atom stereocenters. The van der Waals surface area contributed by atoms with Crippen LogP contribution in [0.15, 0.2) is 15.7 Å². The van der Waals surface area contributed by atoms with Crippen LogP contribution in [0.25, 0.3) is 0 Å². The molecule has 70 valence electrons. The van der Waals surface area contributed by atoms with Crippen LogP contribution in [0.4, 0.5) is 0 Å². The van der Waals surface area contributed by atoms with Crippen LogP contribution in [-0.4, -0.2) is 5.11 Å². The fourth-order valence-corrected chi connectivity index (χ4v) is 1.74. The molecule has 0 amide bonds. The number of aliphatic hydroxyl groups is 1. The van der Waals surface area contributed by atoms with E-state index in [-0.39, 0.29) is 0 Å². The second-order valence-electron chi connectivity index (χ2n) is 2.73. The second kappa shape index (κ2) is 4.90. The summed E-state index contributed by atoms with van der Waals surface area (Å²) < 4.78 is 0.942. The first-order valence-electron chi connectivity index (χ1n) is 4.00. The highest BCUT2D eigenvalue weighted by molar-refractivity contribution is 7.82. The molecule has 3 heteroatoms. The Morgan fingerprint density at radius 3 is 2.08 bits per heavy atom. The molecule has 1 aromatic rings. The summed E-state index contributed by atoms with van der Waals surface area (Å²) in [5.74, 6) is 0. The van der Waals surface area contributed by atoms with E-state index in [1.807, 2.05) is 25.3 Å². The summed E-state index contributed by atoms with van der Waals surface area (Å²) in [7, 11) is 0. The van der Waals surface area contributed by atoms with Gasteiger partial charge in [-0.1, -0.05) is 13.8 Å². The molecule has 0 fully saturated rings. The van der Waals surface area contributed by atoms with Crippen LogP contribution < -0.4 is 0 Å². The van der Waals surface area contributed by atoms with Crippen molar-refractivity contribution in [2.45, 2.75) is 37.5 Å². The minimum absolute atomic E-state index is 0.725. The van der Waals surface area contributed by atoms with Gasteiger partial charge in [-0.25, -0.2) is 0 Å². The fraction of sp³-hybridized carbons (Fsp3) is 0.556. The van der Waals surface area contributed by atoms with Crippen molar-refractivity contribution in [2.24, 2.45) is 0 Å². The molecule has 0 aliphatic rings. The number of hydrogen-bond acceptors (Lipinski definition) is 3. The van der Waals surface area contributed by atoms with Gasteiger partial charge in [0.2, 0.25) is 0 Å². The lowest BCUT2D eigenvalue weighted by atomic mass is 10.0. The third-order valence-electron chi connectivity index (χ3n) is 1.29. The standard InChI is InChI=1S/C7H10OS2.C2H6/c1-7(2,8)5-3-6(9)10-4-5;1-2/h3-4,8-9H,1-2H3;1-2H3. The summed E-state index contributed by atoms with van der Waals surface area (Å²) in [5, 5.41) is 11.4. The zero-order chi connectivity index (χ0) is 9.78. The number of thiophene rings is 1. The first-order chi connectivity index (χ1) is 5.50. The van der Waals surface area contributed by atoms with Crippen LogP contribution in [0.3, 0.4) is 0 Å². The molecule has 0 saturated heterocycles. The molecule has 0 aromatic carbocycles. The lowest BCUT2D eigenvalue weighted by molar-refractivity contribution is 0.0789. The number of thiol groups is 1. The zero-order valence-corrected chi connectivity index (χ0v) is 9.67. The van der Waals surface area contributed by atoms with E-state index < -0.39 is 5.60 Å². The van der Waals surface area contributed by atoms with Crippen LogP contribution in [0.1, 0.15) is 33.3 Å². The Bertz CT molecular complexity index is 223. The van der Waals surface area contributed by atoms with Gasteiger partial charge in [0, 0.05) is 0 Å². The van der Waals surface area contributed by atoms with Gasteiger partial charge in [-0.3, -0.25) is 0 Å². The van der Waals surface area contributed by atoms with E-state index in [1.165, 1.54) is 11.3 Å². The Hall–Kier alpha value is 0.01000. The minimum atomic E-state index is -0.725. The number of rotatable bonds is 1. The lowest BCUT2D eigenvalue weighted by Gasteiger charge is -2.14. The molecular formula is C9H16OS2. The predicted octanol–water partition coefficient (Wildman–Crippen LogP) is 3.29. The maximum atomic E-state index is 9.48. The van der Waals surface area contributed by atoms with Gasteiger partial charge in [0.1, 0.15) is 0 Å². The van der Waals surface area contributed by atoms with E-state index in [9.17, 15) is 5.11 Å². The molecule has 1 aromatic heterocycles. The van der Waals surface area contributed by atoms with Crippen molar-refractivity contribution in [3.05, 3.63) is 17.0 Å². The molecule has 0 spiro atoms. The molecule has 0 bridgehead atoms. The molecule has 0 unspecified atom stereocenters. The summed E-state index contributed by atoms with van der Waals surface area (Å²) in [6.45, 7) is 7.53. The molecule has 1 rings (SSSR count). The van der Waals surface area contributed by atoms with E-state index in [0.717, 1.165) is 9.77 Å². The molecule has 0 radical (unpaired) electrons. The van der Waals surface area contributed by atoms with Gasteiger partial charge in [0.15, 0.2) is 0 Å². The van der Waals surface area contributed by atoms with Crippen molar-refractivity contribution < 1.29 is 5.11 Å². The van der Waals surface area contributed by atoms with Crippen LogP contribution in [0.2, 0.25) is 0 Å². The molecule has 12 heavy (non-hydrogen) atoms. The van der Waals surface area contributed by atoms with Crippen LogP contribution in [-0.2, 0) is 5.60 Å². The Labute approximate surface area is 83.9 Å². The highest BCUT2D eigenvalue weighted by atomic mass is 32.2. The Balaban J connectivity index is 0.000000561. The SMILES string of the molecule is CC.CC(C)(O)c1csc(S)c1. The maximum Gasteiger partial charge on any atom is 0.0848 e. The van der Waals surface area contributed by atoms with Crippen molar-refractivity contribution in [1.29, 1.82) is 0 Å². The minimum Gasteiger partial charge on any atom is -0.386 e. The largest absolute Gasteiger partial charge is 0.386 e. The molecule has 1 heterocycles. The highest BCUT2D eigenvalue weighted by Crippen LogP contribution is 2.26. The summed E-state index contributed by atoms with van der Waals surface area (Å²) in [4.78, 5) is 0. The molecule has 0 aliphatic carbocycles. The monoisotopic (exact) mass is 204 g/mol. The first kappa shape index (κ1) is 12.0. The van der Waals surface area contributed by atoms with Gasteiger partial charge in [-0.2, -0.15) is 0 Å². The average Bonchev–Trinajstić information content (AvgIpc) is 2.39. The maximum absolute atomic E-state index is 9.48. The van der Waals surface area contributed by atoms with Gasteiger partial charge in [-0.05, 0) is 30.9 Å². The second-order valence-corrected chi connectivity index (χ2v) is 4.43. The van der Waals surface area contributed by atoms with Gasteiger partial charge in [0.05, 0.1) is 9.81 Å². The van der Waals surface area contributed by atoms with Gasteiger partial charge in [-0.15, -0.1) is 24.0 Å². The summed E-state index contributed by atoms with van der Waals surface area (Å²) in [5.41, 5.74) is 0.208. The third kappa shape index (κ3) is 3.61. The average molecular weight is 204 g/mol. The van der Waals surface area contributed by atoms with Crippen molar-refractivity contribution in [3.8, 4) is 0 Å². The molecule has 1 nitrogen and oxygen atoms in total. The Morgan fingerprint density at radius 2 is 1.92 bits per heavy atom. The van der Waals surface area contributed by atoms with E-state index >= 15 is 0 Å². The van der Waals surface area contributed by atoms with E-state index in [4.69, 9.17) is 0 Å². The first-order valence-corrected chi connectivity index (χ1v) is 5.33. The fourth-order valence-electron chi connectivity index (χ4n) is 0.646.